The average Bonchev–Trinajstić information content (AvgIpc) is 3.08. The first-order valence-electron chi connectivity index (χ1n) is 11.4. The van der Waals surface area contributed by atoms with Gasteiger partial charge in [-0.05, 0) is 57.1 Å². The van der Waals surface area contributed by atoms with Crippen molar-refractivity contribution in [2.45, 2.75) is 51.5 Å². The van der Waals surface area contributed by atoms with Crippen molar-refractivity contribution in [2.24, 2.45) is 5.92 Å². The van der Waals surface area contributed by atoms with Crippen LogP contribution in [-0.2, 0) is 9.59 Å². The van der Waals surface area contributed by atoms with Gasteiger partial charge in [0, 0.05) is 30.1 Å². The lowest BCUT2D eigenvalue weighted by atomic mass is 9.94. The Balaban J connectivity index is 1.33. The van der Waals surface area contributed by atoms with Crippen molar-refractivity contribution in [3.8, 4) is 0 Å². The normalized spacial score (nSPS) is 20.0. The molecule has 2 amide bonds. The summed E-state index contributed by atoms with van der Waals surface area (Å²) >= 11 is 0. The summed E-state index contributed by atoms with van der Waals surface area (Å²) < 4.78 is 0. The Morgan fingerprint density at radius 2 is 1.57 bits per heavy atom. The molecule has 160 valence electrons. The van der Waals surface area contributed by atoms with Crippen LogP contribution in [0.2, 0.25) is 0 Å². The fourth-order valence-electron chi connectivity index (χ4n) is 4.82. The van der Waals surface area contributed by atoms with E-state index >= 15 is 0 Å². The third-order valence-electron chi connectivity index (χ3n) is 6.77. The van der Waals surface area contributed by atoms with E-state index in [0.29, 0.717) is 5.91 Å². The van der Waals surface area contributed by atoms with Gasteiger partial charge in [-0.25, -0.2) is 0 Å². The molecule has 4 rings (SSSR count). The number of likely N-dealkylation sites (tertiary alicyclic amines) is 2. The molecule has 2 heterocycles. The van der Waals surface area contributed by atoms with E-state index in [1.54, 1.807) is 0 Å². The maximum Gasteiger partial charge on any atom is 0.241 e. The molecule has 2 aromatic rings. The van der Waals surface area contributed by atoms with E-state index in [-0.39, 0.29) is 17.9 Å². The number of amides is 2. The topological polar surface area (TPSA) is 52.7 Å². The predicted molar refractivity (Wildman–Crippen MR) is 121 cm³/mol. The van der Waals surface area contributed by atoms with Crippen LogP contribution in [0.15, 0.2) is 42.5 Å². The molecule has 1 atom stereocenters. The molecule has 2 aliphatic heterocycles. The highest BCUT2D eigenvalue weighted by Gasteiger charge is 2.32. The van der Waals surface area contributed by atoms with E-state index in [1.165, 1.54) is 12.8 Å². The highest BCUT2D eigenvalue weighted by Crippen LogP contribution is 2.25. The molecular weight excluding hydrogens is 374 g/mol. The SMILES string of the molecule is CC(C(=O)Nc1cccc2ccccc12)N1CCC(C(=O)N2CCCCCC2)CC1. The van der Waals surface area contributed by atoms with Crippen LogP contribution in [0.1, 0.15) is 45.4 Å². The molecule has 1 N–H and O–H groups in total. The first-order valence-corrected chi connectivity index (χ1v) is 11.4. The van der Waals surface area contributed by atoms with Gasteiger partial charge in [-0.2, -0.15) is 0 Å². The lowest BCUT2D eigenvalue weighted by Crippen LogP contribution is -2.48. The van der Waals surface area contributed by atoms with E-state index in [2.05, 4.69) is 27.2 Å². The fourth-order valence-corrected chi connectivity index (χ4v) is 4.82. The number of nitrogens with one attached hydrogen (secondary N) is 1. The summed E-state index contributed by atoms with van der Waals surface area (Å²) in [4.78, 5) is 30.1. The predicted octanol–water partition coefficient (Wildman–Crippen LogP) is 4.28. The smallest absolute Gasteiger partial charge is 0.241 e. The molecule has 30 heavy (non-hydrogen) atoms. The maximum absolute atomic E-state index is 12.9. The zero-order chi connectivity index (χ0) is 20.9. The number of anilines is 1. The number of hydrogen-bond acceptors (Lipinski definition) is 3. The van der Waals surface area contributed by atoms with Gasteiger partial charge in [-0.1, -0.05) is 49.2 Å². The van der Waals surface area contributed by atoms with Crippen LogP contribution in [0.25, 0.3) is 10.8 Å². The molecule has 2 saturated heterocycles. The van der Waals surface area contributed by atoms with E-state index in [1.807, 2.05) is 37.3 Å². The molecular formula is C25H33N3O2. The number of hydrogen-bond donors (Lipinski definition) is 1. The summed E-state index contributed by atoms with van der Waals surface area (Å²) in [6.07, 6.45) is 6.45. The second-order valence-electron chi connectivity index (χ2n) is 8.74. The van der Waals surface area contributed by atoms with Crippen molar-refractivity contribution < 1.29 is 9.59 Å². The molecule has 0 spiro atoms. The molecule has 2 fully saturated rings. The van der Waals surface area contributed by atoms with E-state index in [4.69, 9.17) is 0 Å². The van der Waals surface area contributed by atoms with Crippen LogP contribution in [0.3, 0.4) is 0 Å². The number of fused-ring (bicyclic) bond motifs is 1. The van der Waals surface area contributed by atoms with E-state index in [0.717, 1.165) is 68.3 Å². The van der Waals surface area contributed by atoms with Crippen LogP contribution < -0.4 is 5.32 Å². The van der Waals surface area contributed by atoms with Crippen LogP contribution in [0.5, 0.6) is 0 Å². The summed E-state index contributed by atoms with van der Waals surface area (Å²) in [5, 5.41) is 5.30. The molecule has 2 aromatic carbocycles. The number of carbonyl (C=O) groups is 2. The Kier molecular flexibility index (Phi) is 6.68. The summed E-state index contributed by atoms with van der Waals surface area (Å²) in [5.74, 6) is 0.473. The van der Waals surface area contributed by atoms with Gasteiger partial charge in [-0.15, -0.1) is 0 Å². The van der Waals surface area contributed by atoms with Crippen LogP contribution in [0, 0.1) is 5.92 Å². The average molecular weight is 408 g/mol. The molecule has 5 nitrogen and oxygen atoms in total. The van der Waals surface area contributed by atoms with E-state index < -0.39 is 0 Å². The van der Waals surface area contributed by atoms with Gasteiger partial charge in [0.1, 0.15) is 0 Å². The molecule has 0 aromatic heterocycles. The number of benzene rings is 2. The third-order valence-corrected chi connectivity index (χ3v) is 6.77. The molecule has 0 radical (unpaired) electrons. The van der Waals surface area contributed by atoms with Crippen molar-refractivity contribution >= 4 is 28.3 Å². The van der Waals surface area contributed by atoms with E-state index in [9.17, 15) is 9.59 Å². The number of rotatable bonds is 4. The second kappa shape index (κ2) is 9.61. The van der Waals surface area contributed by atoms with Gasteiger partial charge in [0.25, 0.3) is 0 Å². The van der Waals surface area contributed by atoms with Crippen LogP contribution in [-0.4, -0.2) is 53.8 Å². The van der Waals surface area contributed by atoms with Crippen molar-refractivity contribution in [1.29, 1.82) is 0 Å². The second-order valence-corrected chi connectivity index (χ2v) is 8.74. The fraction of sp³-hybridized carbons (Fsp3) is 0.520. The van der Waals surface area contributed by atoms with Crippen molar-refractivity contribution in [2.75, 3.05) is 31.5 Å². The Labute approximate surface area is 179 Å². The first-order chi connectivity index (χ1) is 14.6. The summed E-state index contributed by atoms with van der Waals surface area (Å²) in [6, 6.07) is 13.9. The highest BCUT2D eigenvalue weighted by atomic mass is 16.2. The van der Waals surface area contributed by atoms with Gasteiger partial charge in [-0.3, -0.25) is 14.5 Å². The molecule has 2 aliphatic rings. The quantitative estimate of drug-likeness (QED) is 0.823. The Bertz CT molecular complexity index is 876. The van der Waals surface area contributed by atoms with Crippen LogP contribution in [0.4, 0.5) is 5.69 Å². The lowest BCUT2D eigenvalue weighted by Gasteiger charge is -2.36. The van der Waals surface area contributed by atoms with Gasteiger partial charge >= 0.3 is 0 Å². The summed E-state index contributed by atoms with van der Waals surface area (Å²) in [5.41, 5.74) is 0.858. The monoisotopic (exact) mass is 407 g/mol. The minimum absolute atomic E-state index is 0.0173. The van der Waals surface area contributed by atoms with Gasteiger partial charge < -0.3 is 10.2 Å². The highest BCUT2D eigenvalue weighted by molar-refractivity contribution is 6.03. The van der Waals surface area contributed by atoms with Gasteiger partial charge in [0.2, 0.25) is 11.8 Å². The Morgan fingerprint density at radius 3 is 2.30 bits per heavy atom. The zero-order valence-corrected chi connectivity index (χ0v) is 18.0. The largest absolute Gasteiger partial charge is 0.342 e. The Hall–Kier alpha value is -2.40. The summed E-state index contributed by atoms with van der Waals surface area (Å²) in [6.45, 7) is 5.41. The minimum Gasteiger partial charge on any atom is -0.342 e. The molecule has 0 saturated carbocycles. The zero-order valence-electron chi connectivity index (χ0n) is 18.0. The van der Waals surface area contributed by atoms with Crippen molar-refractivity contribution in [1.82, 2.24) is 9.80 Å². The number of piperidine rings is 1. The molecule has 0 aliphatic carbocycles. The van der Waals surface area contributed by atoms with Crippen molar-refractivity contribution in [3.63, 3.8) is 0 Å². The number of carbonyl (C=O) groups excluding carboxylic acids is 2. The molecule has 1 unspecified atom stereocenters. The van der Waals surface area contributed by atoms with Gasteiger partial charge in [0.05, 0.1) is 6.04 Å². The molecule has 5 heteroatoms. The maximum atomic E-state index is 12.9. The molecule has 0 bridgehead atoms. The minimum atomic E-state index is -0.210. The lowest BCUT2D eigenvalue weighted by molar-refractivity contribution is -0.137. The number of nitrogens with zero attached hydrogens (tertiary/aromatic N) is 2. The summed E-state index contributed by atoms with van der Waals surface area (Å²) in [7, 11) is 0. The third kappa shape index (κ3) is 4.67. The first kappa shape index (κ1) is 20.9. The standard InChI is InChI=1S/C25H33N3O2/c1-19(24(29)26-23-12-8-10-20-9-4-5-11-22(20)23)27-17-13-21(14-18-27)25(30)28-15-6-2-3-7-16-28/h4-5,8-12,19,21H,2-3,6-7,13-18H2,1H3,(H,26,29). The van der Waals surface area contributed by atoms with Crippen LogP contribution >= 0.6 is 0 Å². The Morgan fingerprint density at radius 1 is 0.900 bits per heavy atom. The van der Waals surface area contributed by atoms with Gasteiger partial charge in [0.15, 0.2) is 0 Å². The van der Waals surface area contributed by atoms with Crippen molar-refractivity contribution in [3.05, 3.63) is 42.5 Å².